The quantitative estimate of drug-likeness (QED) is 0.771. The number of aryl methyl sites for hydroxylation is 2. The summed E-state index contributed by atoms with van der Waals surface area (Å²) in [6, 6.07) is 0. The molecule has 0 unspecified atom stereocenters. The van der Waals surface area contributed by atoms with Crippen LogP contribution >= 0.6 is 15.9 Å². The van der Waals surface area contributed by atoms with E-state index in [0.29, 0.717) is 23.7 Å². The monoisotopic (exact) mass is 321 g/mol. The molecule has 0 amide bonds. The Morgan fingerprint density at radius 2 is 2.00 bits per heavy atom. The average Bonchev–Trinajstić information content (AvgIpc) is 2.60. The Balaban J connectivity index is 2.24. The standard InChI is InChI=1S/C10H16BrN3O2S/c1-8-12-10(7-13(8)2)17(15,16)14-5-3-9(11)4-6-14/h7,9H,3-6H2,1-2H3. The summed E-state index contributed by atoms with van der Waals surface area (Å²) in [5.74, 6) is 0.707. The van der Waals surface area contributed by atoms with Crippen molar-refractivity contribution < 1.29 is 8.42 Å². The van der Waals surface area contributed by atoms with Gasteiger partial charge in [0, 0.05) is 31.2 Å². The summed E-state index contributed by atoms with van der Waals surface area (Å²) in [5.41, 5.74) is 0. The zero-order valence-corrected chi connectivity index (χ0v) is 12.3. The second kappa shape index (κ2) is 4.70. The number of piperidine rings is 1. The molecule has 0 aromatic carbocycles. The van der Waals surface area contributed by atoms with Gasteiger partial charge in [0.2, 0.25) is 0 Å². The predicted octanol–water partition coefficient (Wildman–Crippen LogP) is 1.28. The molecule has 1 aromatic heterocycles. The predicted molar refractivity (Wildman–Crippen MR) is 68.7 cm³/mol. The van der Waals surface area contributed by atoms with E-state index >= 15 is 0 Å². The van der Waals surface area contributed by atoms with Gasteiger partial charge in [0.05, 0.1) is 0 Å². The maximum Gasteiger partial charge on any atom is 0.262 e. The van der Waals surface area contributed by atoms with Crippen molar-refractivity contribution in [3.05, 3.63) is 12.0 Å². The third-order valence-electron chi connectivity index (χ3n) is 3.07. The highest BCUT2D eigenvalue weighted by Crippen LogP contribution is 2.23. The van der Waals surface area contributed by atoms with Crippen LogP contribution in [0.15, 0.2) is 11.2 Å². The molecule has 0 aliphatic carbocycles. The van der Waals surface area contributed by atoms with E-state index in [0.717, 1.165) is 12.8 Å². The summed E-state index contributed by atoms with van der Waals surface area (Å²) in [4.78, 5) is 4.53. The molecule has 96 valence electrons. The second-order valence-corrected chi connectivity index (χ2v) is 7.50. The van der Waals surface area contributed by atoms with Crippen molar-refractivity contribution in [3.8, 4) is 0 Å². The van der Waals surface area contributed by atoms with E-state index in [4.69, 9.17) is 0 Å². The molecule has 1 aliphatic rings. The molecule has 0 atom stereocenters. The van der Waals surface area contributed by atoms with E-state index in [1.807, 2.05) is 0 Å². The van der Waals surface area contributed by atoms with Crippen LogP contribution in [0.4, 0.5) is 0 Å². The molecule has 7 heteroatoms. The van der Waals surface area contributed by atoms with Gasteiger partial charge in [-0.1, -0.05) is 15.9 Å². The SMILES string of the molecule is Cc1nc(S(=O)(=O)N2CCC(Br)CC2)cn1C. The second-order valence-electron chi connectivity index (χ2n) is 4.32. The number of aromatic nitrogens is 2. The molecule has 2 heterocycles. The van der Waals surface area contributed by atoms with E-state index in [9.17, 15) is 8.42 Å². The zero-order chi connectivity index (χ0) is 12.6. The molecule has 2 rings (SSSR count). The first-order valence-corrected chi connectivity index (χ1v) is 7.91. The Bertz CT molecular complexity index is 484. The lowest BCUT2D eigenvalue weighted by Gasteiger charge is -2.27. The van der Waals surface area contributed by atoms with Crippen LogP contribution in [-0.4, -0.2) is 40.2 Å². The molecule has 1 saturated heterocycles. The topological polar surface area (TPSA) is 55.2 Å². The van der Waals surface area contributed by atoms with Crippen LogP contribution in [0.1, 0.15) is 18.7 Å². The lowest BCUT2D eigenvalue weighted by molar-refractivity contribution is 0.353. The summed E-state index contributed by atoms with van der Waals surface area (Å²) in [6.07, 6.45) is 3.28. The van der Waals surface area contributed by atoms with Crippen molar-refractivity contribution in [1.29, 1.82) is 0 Å². The molecule has 0 N–H and O–H groups in total. The summed E-state index contributed by atoms with van der Waals surface area (Å²) in [6.45, 7) is 2.92. The van der Waals surface area contributed by atoms with Crippen LogP contribution in [-0.2, 0) is 17.1 Å². The molecular weight excluding hydrogens is 306 g/mol. The third-order valence-corrected chi connectivity index (χ3v) is 5.76. The minimum Gasteiger partial charge on any atom is -0.337 e. The zero-order valence-electron chi connectivity index (χ0n) is 9.93. The number of hydrogen-bond donors (Lipinski definition) is 0. The number of rotatable bonds is 2. The Labute approximate surface area is 110 Å². The van der Waals surface area contributed by atoms with Gasteiger partial charge in [0.15, 0.2) is 5.03 Å². The lowest BCUT2D eigenvalue weighted by Crippen LogP contribution is -2.38. The molecule has 17 heavy (non-hydrogen) atoms. The smallest absolute Gasteiger partial charge is 0.262 e. The molecule has 1 fully saturated rings. The van der Waals surface area contributed by atoms with Crippen LogP contribution < -0.4 is 0 Å². The summed E-state index contributed by atoms with van der Waals surface area (Å²) < 4.78 is 27.8. The maximum absolute atomic E-state index is 12.3. The number of sulfonamides is 1. The Morgan fingerprint density at radius 3 is 2.47 bits per heavy atom. The molecule has 5 nitrogen and oxygen atoms in total. The molecule has 1 aromatic rings. The van der Waals surface area contributed by atoms with Crippen LogP contribution in [0.25, 0.3) is 0 Å². The minimum atomic E-state index is -3.41. The highest BCUT2D eigenvalue weighted by molar-refractivity contribution is 9.09. The van der Waals surface area contributed by atoms with E-state index in [2.05, 4.69) is 20.9 Å². The minimum absolute atomic E-state index is 0.158. The number of hydrogen-bond acceptors (Lipinski definition) is 3. The van der Waals surface area contributed by atoms with E-state index in [-0.39, 0.29) is 5.03 Å². The van der Waals surface area contributed by atoms with Crippen molar-refractivity contribution in [1.82, 2.24) is 13.9 Å². The average molecular weight is 322 g/mol. The third kappa shape index (κ3) is 2.56. The highest BCUT2D eigenvalue weighted by atomic mass is 79.9. The molecule has 0 spiro atoms. The van der Waals surface area contributed by atoms with Gasteiger partial charge >= 0.3 is 0 Å². The first-order chi connectivity index (χ1) is 7.91. The van der Waals surface area contributed by atoms with Gasteiger partial charge < -0.3 is 4.57 Å². The summed E-state index contributed by atoms with van der Waals surface area (Å²) >= 11 is 3.51. The normalized spacial score (nSPS) is 19.7. The van der Waals surface area contributed by atoms with Gasteiger partial charge in [-0.2, -0.15) is 4.31 Å². The van der Waals surface area contributed by atoms with Gasteiger partial charge in [-0.15, -0.1) is 0 Å². The molecular formula is C10H16BrN3O2S. The number of imidazole rings is 1. The lowest BCUT2D eigenvalue weighted by atomic mass is 10.2. The van der Waals surface area contributed by atoms with Gasteiger partial charge in [0.1, 0.15) is 5.82 Å². The van der Waals surface area contributed by atoms with Gasteiger partial charge in [-0.25, -0.2) is 13.4 Å². The Kier molecular flexibility index (Phi) is 3.61. The van der Waals surface area contributed by atoms with Gasteiger partial charge in [0.25, 0.3) is 10.0 Å². The summed E-state index contributed by atoms with van der Waals surface area (Å²) in [5, 5.41) is 0.158. The molecule has 0 saturated carbocycles. The number of halogens is 1. The van der Waals surface area contributed by atoms with E-state index in [1.54, 1.807) is 24.7 Å². The highest BCUT2D eigenvalue weighted by Gasteiger charge is 2.30. The molecule has 0 radical (unpaired) electrons. The van der Waals surface area contributed by atoms with E-state index < -0.39 is 10.0 Å². The van der Waals surface area contributed by atoms with Crippen molar-refractivity contribution in [2.45, 2.75) is 29.6 Å². The first-order valence-electron chi connectivity index (χ1n) is 5.55. The van der Waals surface area contributed by atoms with Crippen molar-refractivity contribution in [3.63, 3.8) is 0 Å². The van der Waals surface area contributed by atoms with Crippen LogP contribution in [0.3, 0.4) is 0 Å². The fraction of sp³-hybridized carbons (Fsp3) is 0.700. The number of nitrogens with zero attached hydrogens (tertiary/aromatic N) is 3. The molecule has 1 aliphatic heterocycles. The van der Waals surface area contributed by atoms with Crippen molar-refractivity contribution >= 4 is 26.0 Å². The molecule has 0 bridgehead atoms. The number of alkyl halides is 1. The maximum atomic E-state index is 12.3. The van der Waals surface area contributed by atoms with Crippen molar-refractivity contribution in [2.75, 3.05) is 13.1 Å². The van der Waals surface area contributed by atoms with Gasteiger partial charge in [-0.05, 0) is 19.8 Å². The Morgan fingerprint density at radius 1 is 1.41 bits per heavy atom. The fourth-order valence-electron chi connectivity index (χ4n) is 1.85. The largest absolute Gasteiger partial charge is 0.337 e. The Hall–Kier alpha value is -0.400. The van der Waals surface area contributed by atoms with Crippen LogP contribution in [0.2, 0.25) is 0 Å². The first kappa shape index (κ1) is 13.0. The summed E-state index contributed by atoms with van der Waals surface area (Å²) in [7, 11) is -1.61. The van der Waals surface area contributed by atoms with Gasteiger partial charge in [-0.3, -0.25) is 0 Å². The van der Waals surface area contributed by atoms with Crippen LogP contribution in [0.5, 0.6) is 0 Å². The van der Waals surface area contributed by atoms with Crippen molar-refractivity contribution in [2.24, 2.45) is 7.05 Å². The fourth-order valence-corrected chi connectivity index (χ4v) is 3.75. The van der Waals surface area contributed by atoms with Crippen LogP contribution in [0, 0.1) is 6.92 Å². The van der Waals surface area contributed by atoms with E-state index in [1.165, 1.54) is 4.31 Å².